The average molecular weight is 436 g/mol. The Morgan fingerprint density at radius 2 is 1.87 bits per heavy atom. The number of rotatable bonds is 4. The molecule has 1 aromatic carbocycles. The van der Waals surface area contributed by atoms with Crippen LogP contribution in [0.5, 0.6) is 0 Å². The number of halogens is 1. The summed E-state index contributed by atoms with van der Waals surface area (Å²) in [7, 11) is 0. The average Bonchev–Trinajstić information content (AvgIpc) is 3.12. The smallest absolute Gasteiger partial charge is 0.229 e. The number of anilines is 3. The molecule has 3 aromatic heterocycles. The minimum atomic E-state index is 0.285. The van der Waals surface area contributed by atoms with E-state index in [1.54, 1.807) is 24.5 Å². The van der Waals surface area contributed by atoms with Crippen LogP contribution in [0, 0.1) is 6.92 Å². The number of ether oxygens (including phenoxy) is 1. The van der Waals surface area contributed by atoms with Gasteiger partial charge in [-0.15, -0.1) is 0 Å². The topological polar surface area (TPSA) is 104 Å². The van der Waals surface area contributed by atoms with Crippen molar-refractivity contribution in [1.82, 2.24) is 24.5 Å². The van der Waals surface area contributed by atoms with Crippen LogP contribution in [-0.2, 0) is 4.74 Å². The molecule has 1 saturated heterocycles. The number of nitrogens with one attached hydrogen (secondary N) is 1. The Balaban J connectivity index is 1.68. The van der Waals surface area contributed by atoms with Gasteiger partial charge in [0.2, 0.25) is 5.95 Å². The highest BCUT2D eigenvalue weighted by Gasteiger charge is 2.24. The highest BCUT2D eigenvalue weighted by atomic mass is 35.5. The summed E-state index contributed by atoms with van der Waals surface area (Å²) < 4.78 is 7.77. The van der Waals surface area contributed by atoms with Gasteiger partial charge in [-0.2, -0.15) is 4.98 Å². The number of hydrogen-bond donors (Lipinski definition) is 2. The SMILES string of the molecule is Cc1nc2c(-c3ccncc3)nc(Nc3ccc(Cl)cc3N)nc2n1C1CCOCC1. The maximum Gasteiger partial charge on any atom is 0.229 e. The minimum Gasteiger partial charge on any atom is -0.397 e. The third-order valence-corrected chi connectivity index (χ3v) is 5.72. The van der Waals surface area contributed by atoms with Gasteiger partial charge in [0.05, 0.1) is 11.4 Å². The summed E-state index contributed by atoms with van der Waals surface area (Å²) in [4.78, 5) is 18.6. The van der Waals surface area contributed by atoms with Gasteiger partial charge in [0.15, 0.2) is 5.65 Å². The van der Waals surface area contributed by atoms with Crippen LogP contribution in [0.3, 0.4) is 0 Å². The zero-order chi connectivity index (χ0) is 21.4. The van der Waals surface area contributed by atoms with Gasteiger partial charge in [-0.3, -0.25) is 4.98 Å². The van der Waals surface area contributed by atoms with Crippen LogP contribution in [0.4, 0.5) is 17.3 Å². The van der Waals surface area contributed by atoms with Crippen molar-refractivity contribution in [2.24, 2.45) is 0 Å². The van der Waals surface area contributed by atoms with E-state index in [9.17, 15) is 0 Å². The number of imidazole rings is 1. The Morgan fingerprint density at radius 3 is 2.61 bits per heavy atom. The molecule has 4 heterocycles. The predicted molar refractivity (Wildman–Crippen MR) is 122 cm³/mol. The molecule has 0 aliphatic carbocycles. The van der Waals surface area contributed by atoms with Gasteiger partial charge < -0.3 is 20.4 Å². The molecule has 3 N–H and O–H groups in total. The normalized spacial score (nSPS) is 14.8. The number of pyridine rings is 1. The molecule has 1 aliphatic rings. The van der Waals surface area contributed by atoms with Crippen LogP contribution >= 0.6 is 11.6 Å². The fraction of sp³-hybridized carbons (Fsp3) is 0.273. The number of hydrogen-bond acceptors (Lipinski definition) is 7. The fourth-order valence-corrected chi connectivity index (χ4v) is 4.18. The molecule has 0 bridgehead atoms. The lowest BCUT2D eigenvalue weighted by molar-refractivity contribution is 0.0699. The van der Waals surface area contributed by atoms with E-state index in [-0.39, 0.29) is 6.04 Å². The van der Waals surface area contributed by atoms with Crippen LogP contribution in [0.25, 0.3) is 22.4 Å². The summed E-state index contributed by atoms with van der Waals surface area (Å²) in [5.74, 6) is 1.36. The molecule has 1 fully saturated rings. The Hall–Kier alpha value is -3.23. The first-order valence-electron chi connectivity index (χ1n) is 10.2. The number of aromatic nitrogens is 5. The van der Waals surface area contributed by atoms with Gasteiger partial charge in [0.1, 0.15) is 17.0 Å². The molecule has 0 radical (unpaired) electrons. The number of fused-ring (bicyclic) bond motifs is 1. The van der Waals surface area contributed by atoms with Crippen LogP contribution in [0.2, 0.25) is 5.02 Å². The summed E-state index contributed by atoms with van der Waals surface area (Å²) in [5, 5.41) is 3.83. The second kappa shape index (κ2) is 8.13. The molecule has 4 aromatic rings. The maximum atomic E-state index is 6.14. The summed E-state index contributed by atoms with van der Waals surface area (Å²) in [5.41, 5.74) is 10.6. The lowest BCUT2D eigenvalue weighted by Crippen LogP contribution is -2.20. The van der Waals surface area contributed by atoms with Crippen molar-refractivity contribution in [3.63, 3.8) is 0 Å². The molecule has 158 valence electrons. The van der Waals surface area contributed by atoms with Gasteiger partial charge in [-0.05, 0) is 50.1 Å². The number of nitrogens with zero attached hydrogens (tertiary/aromatic N) is 5. The van der Waals surface area contributed by atoms with Crippen LogP contribution in [-0.4, -0.2) is 37.7 Å². The monoisotopic (exact) mass is 435 g/mol. The standard InChI is InChI=1S/C22H22ClN7O/c1-13-26-20-19(14-4-8-25-9-5-14)28-22(27-18-3-2-15(23)12-17(18)24)29-21(20)30(13)16-6-10-31-11-7-16/h2-5,8-9,12,16H,6-7,10-11,24H2,1H3,(H,27,28,29). The highest BCUT2D eigenvalue weighted by molar-refractivity contribution is 6.31. The summed E-state index contributed by atoms with van der Waals surface area (Å²) >= 11 is 6.05. The van der Waals surface area contributed by atoms with Crippen molar-refractivity contribution in [3.05, 3.63) is 53.6 Å². The molecule has 9 heteroatoms. The number of nitrogen functional groups attached to an aromatic ring is 1. The largest absolute Gasteiger partial charge is 0.397 e. The summed E-state index contributed by atoms with van der Waals surface area (Å²) in [6.07, 6.45) is 5.34. The van der Waals surface area contributed by atoms with Crippen LogP contribution in [0.15, 0.2) is 42.7 Å². The lowest BCUT2D eigenvalue weighted by atomic mass is 10.1. The van der Waals surface area contributed by atoms with Crippen molar-refractivity contribution in [1.29, 1.82) is 0 Å². The first-order valence-corrected chi connectivity index (χ1v) is 10.5. The van der Waals surface area contributed by atoms with Crippen molar-refractivity contribution < 1.29 is 4.74 Å². The molecular weight excluding hydrogens is 414 g/mol. The van der Waals surface area contributed by atoms with Crippen LogP contribution in [0.1, 0.15) is 24.7 Å². The zero-order valence-corrected chi connectivity index (χ0v) is 17.8. The third kappa shape index (κ3) is 3.80. The third-order valence-electron chi connectivity index (χ3n) is 5.49. The Bertz CT molecular complexity index is 1240. The van der Waals surface area contributed by atoms with Crippen molar-refractivity contribution in [2.45, 2.75) is 25.8 Å². The molecule has 8 nitrogen and oxygen atoms in total. The predicted octanol–water partition coefficient (Wildman–Crippen LogP) is 4.53. The van der Waals surface area contributed by atoms with E-state index in [2.05, 4.69) is 14.9 Å². The first-order chi connectivity index (χ1) is 15.1. The molecular formula is C22H22ClN7O. The van der Waals surface area contributed by atoms with Crippen LogP contribution < -0.4 is 11.1 Å². The highest BCUT2D eigenvalue weighted by Crippen LogP contribution is 2.33. The van der Waals surface area contributed by atoms with Gasteiger partial charge in [-0.1, -0.05) is 11.6 Å². The van der Waals surface area contributed by atoms with E-state index >= 15 is 0 Å². The molecule has 0 spiro atoms. The van der Waals surface area contributed by atoms with Gasteiger partial charge in [0.25, 0.3) is 0 Å². The lowest BCUT2D eigenvalue weighted by Gasteiger charge is -2.24. The van der Waals surface area contributed by atoms with Gasteiger partial charge >= 0.3 is 0 Å². The van der Waals surface area contributed by atoms with Crippen molar-refractivity contribution in [2.75, 3.05) is 24.3 Å². The maximum absolute atomic E-state index is 6.14. The molecule has 1 aliphatic heterocycles. The van der Waals surface area contributed by atoms with E-state index in [4.69, 9.17) is 37.0 Å². The molecule has 31 heavy (non-hydrogen) atoms. The zero-order valence-electron chi connectivity index (χ0n) is 17.0. The van der Waals surface area contributed by atoms with Gasteiger partial charge in [0, 0.05) is 42.2 Å². The summed E-state index contributed by atoms with van der Waals surface area (Å²) in [6, 6.07) is 9.42. The number of nitrogens with two attached hydrogens (primary N) is 1. The van der Waals surface area contributed by atoms with Crippen molar-refractivity contribution >= 4 is 40.1 Å². The number of benzene rings is 1. The molecule has 0 unspecified atom stereocenters. The van der Waals surface area contributed by atoms with E-state index < -0.39 is 0 Å². The fourth-order valence-electron chi connectivity index (χ4n) is 4.00. The molecule has 0 atom stereocenters. The molecule has 0 saturated carbocycles. The Morgan fingerprint density at radius 1 is 1.10 bits per heavy atom. The van der Waals surface area contributed by atoms with E-state index in [0.717, 1.165) is 54.3 Å². The number of aryl methyl sites for hydroxylation is 1. The van der Waals surface area contributed by atoms with Gasteiger partial charge in [-0.25, -0.2) is 9.97 Å². The summed E-state index contributed by atoms with van der Waals surface area (Å²) in [6.45, 7) is 3.48. The van der Waals surface area contributed by atoms with E-state index in [1.807, 2.05) is 25.1 Å². The van der Waals surface area contributed by atoms with E-state index in [1.165, 1.54) is 0 Å². The van der Waals surface area contributed by atoms with E-state index in [0.29, 0.717) is 22.3 Å². The van der Waals surface area contributed by atoms with Crippen molar-refractivity contribution in [3.8, 4) is 11.3 Å². The Labute approximate surface area is 184 Å². The second-order valence-corrected chi connectivity index (χ2v) is 7.97. The quantitative estimate of drug-likeness (QED) is 0.454. The minimum absolute atomic E-state index is 0.285. The Kier molecular flexibility index (Phi) is 5.17. The first kappa shape index (κ1) is 19.7. The molecule has 0 amide bonds. The second-order valence-electron chi connectivity index (χ2n) is 7.53. The molecule has 5 rings (SSSR count).